The summed E-state index contributed by atoms with van der Waals surface area (Å²) in [6.45, 7) is 6.53. The number of nitriles is 1. The summed E-state index contributed by atoms with van der Waals surface area (Å²) < 4.78 is 5.53. The molecule has 0 aliphatic rings. The number of carbonyl (C=O) groups excluding carboxylic acids is 1. The number of benzene rings is 2. The van der Waals surface area contributed by atoms with E-state index in [2.05, 4.69) is 24.5 Å². The molecular weight excluding hydrogens is 326 g/mol. The maximum atomic E-state index is 12.5. The zero-order valence-corrected chi connectivity index (χ0v) is 15.2. The number of hydrogen-bond acceptors (Lipinski definition) is 4. The van der Waals surface area contributed by atoms with Crippen molar-refractivity contribution >= 4 is 17.3 Å². The highest BCUT2D eigenvalue weighted by Gasteiger charge is 2.13. The Morgan fingerprint density at radius 3 is 2.46 bits per heavy atom. The Labute approximate surface area is 154 Å². The summed E-state index contributed by atoms with van der Waals surface area (Å²) in [4.78, 5) is 12.5. The summed E-state index contributed by atoms with van der Waals surface area (Å²) in [5.74, 6) is 0.466. The second-order valence-corrected chi connectivity index (χ2v) is 5.94. The van der Waals surface area contributed by atoms with Gasteiger partial charge in [-0.05, 0) is 36.6 Å². The fourth-order valence-electron chi connectivity index (χ4n) is 2.47. The molecule has 0 atom stereocenters. The summed E-state index contributed by atoms with van der Waals surface area (Å²) in [7, 11) is 0. The Hall–Kier alpha value is -3.26. The molecule has 2 rings (SSSR count). The van der Waals surface area contributed by atoms with Crippen LogP contribution in [-0.4, -0.2) is 12.5 Å². The summed E-state index contributed by atoms with van der Waals surface area (Å²) in [5.41, 5.74) is 2.41. The number of carbonyl (C=O) groups is 1. The van der Waals surface area contributed by atoms with Crippen LogP contribution in [0.15, 0.2) is 60.3 Å². The van der Waals surface area contributed by atoms with Gasteiger partial charge in [0.2, 0.25) is 0 Å². The molecule has 1 amide bonds. The molecule has 2 aromatic carbocycles. The lowest BCUT2D eigenvalue weighted by molar-refractivity contribution is -0.112. The van der Waals surface area contributed by atoms with Crippen LogP contribution < -0.4 is 15.4 Å². The predicted octanol–water partition coefficient (Wildman–Crippen LogP) is 4.67. The first-order chi connectivity index (χ1) is 12.6. The zero-order chi connectivity index (χ0) is 18.9. The number of para-hydroxylation sites is 3. The predicted molar refractivity (Wildman–Crippen MR) is 104 cm³/mol. The number of ether oxygens (including phenoxy) is 1. The Morgan fingerprint density at radius 2 is 1.81 bits per heavy atom. The second-order valence-electron chi connectivity index (χ2n) is 5.94. The topological polar surface area (TPSA) is 74.1 Å². The molecule has 0 aliphatic carbocycles. The van der Waals surface area contributed by atoms with Crippen molar-refractivity contribution in [3.63, 3.8) is 0 Å². The third kappa shape index (κ3) is 4.87. The van der Waals surface area contributed by atoms with Gasteiger partial charge in [-0.2, -0.15) is 5.26 Å². The summed E-state index contributed by atoms with van der Waals surface area (Å²) in [6.07, 6.45) is 1.39. The van der Waals surface area contributed by atoms with Crippen LogP contribution in [0, 0.1) is 11.3 Å². The SMILES string of the molecule is CCOc1ccccc1N/C=C(/C#N)C(=O)Nc1ccccc1C(C)C. The van der Waals surface area contributed by atoms with E-state index in [4.69, 9.17) is 4.74 Å². The molecule has 26 heavy (non-hydrogen) atoms. The molecule has 2 N–H and O–H groups in total. The molecule has 0 saturated heterocycles. The molecule has 0 spiro atoms. The van der Waals surface area contributed by atoms with Gasteiger partial charge in [0.15, 0.2) is 0 Å². The number of hydrogen-bond donors (Lipinski definition) is 2. The first-order valence-corrected chi connectivity index (χ1v) is 8.55. The minimum absolute atomic E-state index is 0.0186. The lowest BCUT2D eigenvalue weighted by Gasteiger charge is -2.13. The molecule has 0 aliphatic heterocycles. The highest BCUT2D eigenvalue weighted by atomic mass is 16.5. The normalized spacial score (nSPS) is 11.0. The first-order valence-electron chi connectivity index (χ1n) is 8.55. The molecule has 2 aromatic rings. The van der Waals surface area contributed by atoms with Crippen LogP contribution in [0.25, 0.3) is 0 Å². The average molecular weight is 349 g/mol. The van der Waals surface area contributed by atoms with Crippen molar-refractivity contribution in [2.45, 2.75) is 26.7 Å². The van der Waals surface area contributed by atoms with Gasteiger partial charge in [-0.25, -0.2) is 0 Å². The summed E-state index contributed by atoms with van der Waals surface area (Å²) in [6, 6.07) is 16.9. The maximum Gasteiger partial charge on any atom is 0.267 e. The van der Waals surface area contributed by atoms with Crippen LogP contribution in [0.4, 0.5) is 11.4 Å². The summed E-state index contributed by atoms with van der Waals surface area (Å²) >= 11 is 0. The smallest absolute Gasteiger partial charge is 0.267 e. The minimum atomic E-state index is -0.456. The fraction of sp³-hybridized carbons (Fsp3) is 0.238. The van der Waals surface area contributed by atoms with Gasteiger partial charge in [0, 0.05) is 11.9 Å². The van der Waals surface area contributed by atoms with Gasteiger partial charge in [0.1, 0.15) is 17.4 Å². The van der Waals surface area contributed by atoms with Gasteiger partial charge in [-0.15, -0.1) is 0 Å². The molecule has 0 heterocycles. The molecule has 134 valence electrons. The van der Waals surface area contributed by atoms with Crippen molar-refractivity contribution < 1.29 is 9.53 Å². The number of amides is 1. The van der Waals surface area contributed by atoms with Crippen molar-refractivity contribution in [3.05, 3.63) is 65.9 Å². The standard InChI is InChI=1S/C21H23N3O2/c1-4-26-20-12-8-7-11-19(20)23-14-16(13-22)21(25)24-18-10-6-5-9-17(18)15(2)3/h5-12,14-15,23H,4H2,1-3H3,(H,24,25)/b16-14-. The molecule has 0 radical (unpaired) electrons. The van der Waals surface area contributed by atoms with E-state index in [0.29, 0.717) is 23.7 Å². The van der Waals surface area contributed by atoms with E-state index in [1.807, 2.05) is 61.5 Å². The monoisotopic (exact) mass is 349 g/mol. The van der Waals surface area contributed by atoms with Crippen LogP contribution in [0.1, 0.15) is 32.3 Å². The van der Waals surface area contributed by atoms with Crippen LogP contribution >= 0.6 is 0 Å². The Kier molecular flexibility index (Phi) is 6.81. The highest BCUT2D eigenvalue weighted by molar-refractivity contribution is 6.07. The molecule has 0 saturated carbocycles. The molecule has 5 nitrogen and oxygen atoms in total. The molecule has 5 heteroatoms. The molecule has 0 fully saturated rings. The lowest BCUT2D eigenvalue weighted by atomic mass is 10.0. The van der Waals surface area contributed by atoms with E-state index >= 15 is 0 Å². The maximum absolute atomic E-state index is 12.5. The number of nitrogens with one attached hydrogen (secondary N) is 2. The third-order valence-corrected chi connectivity index (χ3v) is 3.75. The van der Waals surface area contributed by atoms with Gasteiger partial charge in [0.25, 0.3) is 5.91 Å². The largest absolute Gasteiger partial charge is 0.492 e. The van der Waals surface area contributed by atoms with Crippen molar-refractivity contribution in [2.24, 2.45) is 0 Å². The van der Waals surface area contributed by atoms with E-state index < -0.39 is 5.91 Å². The summed E-state index contributed by atoms with van der Waals surface area (Å²) in [5, 5.41) is 15.2. The Bertz CT molecular complexity index is 835. The molecular formula is C21H23N3O2. The zero-order valence-electron chi connectivity index (χ0n) is 15.2. The minimum Gasteiger partial charge on any atom is -0.492 e. The van der Waals surface area contributed by atoms with Gasteiger partial charge in [-0.3, -0.25) is 4.79 Å². The number of rotatable bonds is 7. The van der Waals surface area contributed by atoms with Crippen molar-refractivity contribution in [3.8, 4) is 11.8 Å². The van der Waals surface area contributed by atoms with Crippen molar-refractivity contribution in [1.82, 2.24) is 0 Å². The number of nitrogens with zero attached hydrogens (tertiary/aromatic N) is 1. The van der Waals surface area contributed by atoms with Crippen molar-refractivity contribution in [2.75, 3.05) is 17.2 Å². The van der Waals surface area contributed by atoms with E-state index in [1.165, 1.54) is 6.20 Å². The van der Waals surface area contributed by atoms with E-state index in [9.17, 15) is 10.1 Å². The Morgan fingerprint density at radius 1 is 1.15 bits per heavy atom. The van der Waals surface area contributed by atoms with Gasteiger partial charge < -0.3 is 15.4 Å². The fourth-order valence-corrected chi connectivity index (χ4v) is 2.47. The Balaban J connectivity index is 2.17. The lowest BCUT2D eigenvalue weighted by Crippen LogP contribution is -2.16. The van der Waals surface area contributed by atoms with Gasteiger partial charge in [0.05, 0.1) is 12.3 Å². The van der Waals surface area contributed by atoms with Crippen molar-refractivity contribution in [1.29, 1.82) is 5.26 Å². The van der Waals surface area contributed by atoms with Crippen LogP contribution in [-0.2, 0) is 4.79 Å². The van der Waals surface area contributed by atoms with Crippen LogP contribution in [0.3, 0.4) is 0 Å². The molecule has 0 aromatic heterocycles. The van der Waals surface area contributed by atoms with Crippen LogP contribution in [0.2, 0.25) is 0 Å². The van der Waals surface area contributed by atoms with Crippen LogP contribution in [0.5, 0.6) is 5.75 Å². The van der Waals surface area contributed by atoms with Gasteiger partial charge in [-0.1, -0.05) is 44.2 Å². The molecule has 0 bridgehead atoms. The van der Waals surface area contributed by atoms with Gasteiger partial charge >= 0.3 is 0 Å². The van der Waals surface area contributed by atoms with E-state index in [1.54, 1.807) is 0 Å². The average Bonchev–Trinajstić information content (AvgIpc) is 2.64. The van der Waals surface area contributed by atoms with E-state index in [-0.39, 0.29) is 11.5 Å². The van der Waals surface area contributed by atoms with E-state index in [0.717, 1.165) is 5.56 Å². The number of anilines is 2. The highest BCUT2D eigenvalue weighted by Crippen LogP contribution is 2.25. The third-order valence-electron chi connectivity index (χ3n) is 3.75. The quantitative estimate of drug-likeness (QED) is 0.563. The second kappa shape index (κ2) is 9.28. The molecule has 0 unspecified atom stereocenters. The first kappa shape index (κ1) is 19.1.